The number of benzene rings is 1. The van der Waals surface area contributed by atoms with Gasteiger partial charge in [0.2, 0.25) is 5.88 Å². The second-order valence-corrected chi connectivity index (χ2v) is 9.01. The zero-order chi connectivity index (χ0) is 25.4. The molecule has 1 amide bonds. The smallest absolute Gasteiger partial charge is 0.410 e. The monoisotopic (exact) mass is 465 g/mol. The minimum atomic E-state index is -0.631. The molecule has 0 spiro atoms. The lowest BCUT2D eigenvalue weighted by molar-refractivity contribution is -0.00334. The Labute approximate surface area is 202 Å². The molecule has 1 aliphatic rings. The highest BCUT2D eigenvalue weighted by atomic mass is 16.6. The van der Waals surface area contributed by atoms with Crippen molar-refractivity contribution in [3.8, 4) is 11.9 Å². The largest absolute Gasteiger partial charge is 0.472 e. The van der Waals surface area contributed by atoms with Gasteiger partial charge in [-0.15, -0.1) is 0 Å². The Kier molecular flexibility index (Phi) is 9.02. The van der Waals surface area contributed by atoms with Gasteiger partial charge < -0.3 is 25.1 Å². The average molecular weight is 466 g/mol. The van der Waals surface area contributed by atoms with Crippen molar-refractivity contribution in [2.24, 2.45) is 0 Å². The van der Waals surface area contributed by atoms with Crippen LogP contribution >= 0.6 is 0 Å². The number of aromatic nitrogens is 1. The van der Waals surface area contributed by atoms with Gasteiger partial charge in [0.25, 0.3) is 0 Å². The van der Waals surface area contributed by atoms with Crippen molar-refractivity contribution in [3.05, 3.63) is 53.7 Å². The predicted octanol–water partition coefficient (Wildman–Crippen LogP) is 5.39. The molecule has 8 heteroatoms. The van der Waals surface area contributed by atoms with Gasteiger partial charge in [0, 0.05) is 25.0 Å². The highest BCUT2D eigenvalue weighted by Crippen LogP contribution is 2.34. The minimum absolute atomic E-state index is 0.200. The fourth-order valence-electron chi connectivity index (χ4n) is 3.56. The summed E-state index contributed by atoms with van der Waals surface area (Å²) in [5, 5.41) is 21.1. The molecule has 0 unspecified atom stereocenters. The molecule has 1 aliphatic heterocycles. The summed E-state index contributed by atoms with van der Waals surface area (Å²) >= 11 is 0. The van der Waals surface area contributed by atoms with Crippen LogP contribution in [0.2, 0.25) is 0 Å². The summed E-state index contributed by atoms with van der Waals surface area (Å²) in [4.78, 5) is 18.3. The molecule has 1 saturated heterocycles. The number of carbonyl (C=O) groups excluding carboxylic acids is 1. The zero-order valence-electron chi connectivity index (χ0n) is 20.9. The summed E-state index contributed by atoms with van der Waals surface area (Å²) in [5.41, 5.74) is 1.26. The van der Waals surface area contributed by atoms with Gasteiger partial charge in [-0.2, -0.15) is 5.26 Å². The van der Waals surface area contributed by atoms with Crippen molar-refractivity contribution in [3.63, 3.8) is 0 Å². The number of hydrogen-bond donors (Lipinski definition) is 2. The molecule has 0 saturated carbocycles. The molecule has 1 aromatic carbocycles. The maximum atomic E-state index is 12.4. The van der Waals surface area contributed by atoms with Crippen molar-refractivity contribution in [2.45, 2.75) is 65.7 Å². The number of likely N-dealkylation sites (tertiary alicyclic amines) is 1. The molecule has 2 heterocycles. The maximum Gasteiger partial charge on any atom is 0.410 e. The minimum Gasteiger partial charge on any atom is -0.472 e. The quantitative estimate of drug-likeness (QED) is 0.530. The highest BCUT2D eigenvalue weighted by molar-refractivity contribution is 6.03. The van der Waals surface area contributed by atoms with Crippen LogP contribution in [0.5, 0.6) is 5.88 Å². The van der Waals surface area contributed by atoms with Crippen LogP contribution in [0.25, 0.3) is 0 Å². The maximum absolute atomic E-state index is 12.4. The first-order valence-electron chi connectivity index (χ1n) is 11.5. The molecule has 182 valence electrons. The van der Waals surface area contributed by atoms with E-state index in [9.17, 15) is 10.1 Å². The lowest BCUT2D eigenvalue weighted by atomic mass is 9.86. The Morgan fingerprint density at radius 1 is 1.24 bits per heavy atom. The van der Waals surface area contributed by atoms with Gasteiger partial charge in [-0.05, 0) is 39.3 Å². The van der Waals surface area contributed by atoms with Crippen LogP contribution in [-0.2, 0) is 11.3 Å². The van der Waals surface area contributed by atoms with Gasteiger partial charge in [-0.25, -0.2) is 9.78 Å². The molecule has 0 atom stereocenters. The van der Waals surface area contributed by atoms with Crippen molar-refractivity contribution in [1.82, 2.24) is 9.88 Å². The molecular formula is C26H35N5O3. The summed E-state index contributed by atoms with van der Waals surface area (Å²) < 4.78 is 11.4. The number of nitriles is 1. The molecule has 2 aromatic rings. The van der Waals surface area contributed by atoms with E-state index in [1.807, 2.05) is 65.0 Å². The van der Waals surface area contributed by atoms with E-state index in [0.29, 0.717) is 42.5 Å². The Balaban J connectivity index is 0.00000199. The van der Waals surface area contributed by atoms with E-state index in [2.05, 4.69) is 16.4 Å². The second kappa shape index (κ2) is 11.5. The molecule has 3 rings (SSSR count). The average Bonchev–Trinajstić information content (AvgIpc) is 2.76. The van der Waals surface area contributed by atoms with E-state index in [1.165, 1.54) is 0 Å². The Morgan fingerprint density at radius 3 is 2.44 bits per heavy atom. The van der Waals surface area contributed by atoms with Crippen LogP contribution in [0, 0.1) is 16.7 Å². The van der Waals surface area contributed by atoms with Crippen molar-refractivity contribution < 1.29 is 14.3 Å². The summed E-state index contributed by atoms with van der Waals surface area (Å²) in [5.74, 6) is 0.349. The normalized spacial score (nSPS) is 14.0. The van der Waals surface area contributed by atoms with Crippen molar-refractivity contribution >= 4 is 17.5 Å². The first-order chi connectivity index (χ1) is 16.1. The lowest BCUT2D eigenvalue weighted by Gasteiger charge is -2.49. The molecule has 1 aromatic heterocycles. The third kappa shape index (κ3) is 6.95. The SMILES string of the molecule is CC.CC(=N)c1c(NC2(CC#N)CN(C(=O)OC(C)(C)C)C2)ccnc1OCc1ccccc1. The number of nitrogens with zero attached hydrogens (tertiary/aromatic N) is 3. The van der Waals surface area contributed by atoms with Gasteiger partial charge in [0.15, 0.2) is 0 Å². The van der Waals surface area contributed by atoms with Crippen LogP contribution in [0.15, 0.2) is 42.6 Å². The summed E-state index contributed by atoms with van der Waals surface area (Å²) in [6, 6.07) is 13.7. The van der Waals surface area contributed by atoms with E-state index in [4.69, 9.17) is 14.9 Å². The van der Waals surface area contributed by atoms with Gasteiger partial charge >= 0.3 is 6.09 Å². The van der Waals surface area contributed by atoms with Crippen LogP contribution < -0.4 is 10.1 Å². The lowest BCUT2D eigenvalue weighted by Crippen LogP contribution is -2.67. The zero-order valence-corrected chi connectivity index (χ0v) is 20.9. The number of carbonyl (C=O) groups is 1. The van der Waals surface area contributed by atoms with Crippen molar-refractivity contribution in [1.29, 1.82) is 10.7 Å². The second-order valence-electron chi connectivity index (χ2n) is 9.01. The molecule has 0 bridgehead atoms. The van der Waals surface area contributed by atoms with Crippen molar-refractivity contribution in [2.75, 3.05) is 18.4 Å². The number of hydrogen-bond acceptors (Lipinski definition) is 7. The van der Waals surface area contributed by atoms with Gasteiger partial charge in [0.1, 0.15) is 12.2 Å². The summed E-state index contributed by atoms with van der Waals surface area (Å²) in [6.45, 7) is 12.1. The molecule has 34 heavy (non-hydrogen) atoms. The number of ether oxygens (including phenoxy) is 2. The molecular weight excluding hydrogens is 430 g/mol. The fraction of sp³-hybridized carbons (Fsp3) is 0.462. The molecule has 0 radical (unpaired) electrons. The van der Waals surface area contributed by atoms with Crippen LogP contribution in [-0.4, -0.2) is 45.9 Å². The first kappa shape index (κ1) is 26.7. The third-order valence-corrected chi connectivity index (χ3v) is 4.97. The van der Waals surface area contributed by atoms with E-state index < -0.39 is 17.2 Å². The predicted molar refractivity (Wildman–Crippen MR) is 133 cm³/mol. The highest BCUT2D eigenvalue weighted by Gasteiger charge is 2.47. The number of anilines is 1. The fourth-order valence-corrected chi connectivity index (χ4v) is 3.56. The molecule has 8 nitrogen and oxygen atoms in total. The first-order valence-corrected chi connectivity index (χ1v) is 11.5. The van der Waals surface area contributed by atoms with E-state index >= 15 is 0 Å². The van der Waals surface area contributed by atoms with Crippen LogP contribution in [0.4, 0.5) is 10.5 Å². The van der Waals surface area contributed by atoms with Gasteiger partial charge in [-0.3, -0.25) is 0 Å². The molecule has 1 fully saturated rings. The summed E-state index contributed by atoms with van der Waals surface area (Å²) in [7, 11) is 0. The molecule has 2 N–H and O–H groups in total. The summed E-state index contributed by atoms with van der Waals surface area (Å²) in [6.07, 6.45) is 1.41. The standard InChI is InChI=1S/C24H29N5O3.C2H6/c1-17(26)20-19(10-13-27-21(20)31-14-18-8-6-5-7-9-18)28-24(11-12-25)15-29(16-24)22(30)32-23(2,3)4;1-2/h5-10,13,26H,11,14-16H2,1-4H3,(H,27,28);1-2H3. The van der Waals surface area contributed by atoms with Gasteiger partial charge in [0.05, 0.1) is 29.3 Å². The van der Waals surface area contributed by atoms with E-state index in [1.54, 1.807) is 24.1 Å². The number of rotatable bonds is 7. The van der Waals surface area contributed by atoms with Crippen LogP contribution in [0.3, 0.4) is 0 Å². The van der Waals surface area contributed by atoms with E-state index in [-0.39, 0.29) is 6.42 Å². The third-order valence-electron chi connectivity index (χ3n) is 4.97. The Hall–Kier alpha value is -3.60. The van der Waals surface area contributed by atoms with Crippen LogP contribution in [0.1, 0.15) is 59.1 Å². The number of amides is 1. The number of pyridine rings is 1. The Morgan fingerprint density at radius 2 is 1.88 bits per heavy atom. The Bertz CT molecular complexity index is 1020. The molecule has 0 aliphatic carbocycles. The van der Waals surface area contributed by atoms with Gasteiger partial charge in [-0.1, -0.05) is 44.2 Å². The number of nitrogens with one attached hydrogen (secondary N) is 2. The topological polar surface area (TPSA) is 111 Å². The van der Waals surface area contributed by atoms with E-state index in [0.717, 1.165) is 5.56 Å².